The third-order valence-corrected chi connectivity index (χ3v) is 3.03. The van der Waals surface area contributed by atoms with Crippen LogP contribution in [-0.2, 0) is 6.42 Å². The van der Waals surface area contributed by atoms with Gasteiger partial charge in [-0.2, -0.15) is 0 Å². The maximum atomic E-state index is 5.02. The van der Waals surface area contributed by atoms with Gasteiger partial charge in [-0.05, 0) is 12.8 Å². The van der Waals surface area contributed by atoms with Crippen molar-refractivity contribution in [3.8, 4) is 11.3 Å². The fourth-order valence-electron chi connectivity index (χ4n) is 1.42. The molecule has 0 saturated heterocycles. The lowest BCUT2D eigenvalue weighted by molar-refractivity contribution is 0.398. The molecule has 80 valence electrons. The van der Waals surface area contributed by atoms with Crippen LogP contribution in [0, 0.1) is 12.8 Å². The summed E-state index contributed by atoms with van der Waals surface area (Å²) < 4.78 is 5.02. The molecule has 0 N–H and O–H groups in total. The normalized spacial score (nSPS) is 11.2. The van der Waals surface area contributed by atoms with Crippen LogP contribution in [-0.4, -0.2) is 10.1 Å². The average molecular weight is 222 g/mol. The summed E-state index contributed by atoms with van der Waals surface area (Å²) in [6, 6.07) is 0. The molecule has 0 aromatic carbocycles. The third-order valence-electron chi connectivity index (χ3n) is 2.16. The number of nitrogens with zero attached hydrogens (tertiary/aromatic N) is 2. The zero-order valence-electron chi connectivity index (χ0n) is 9.15. The minimum absolute atomic E-state index is 0.646. The standard InChI is InChI=1S/C11H14N2OS/c1-7(2)4-11-13-10(6-15-11)9-5-12-14-8(9)3/h5-7H,4H2,1-3H3. The predicted molar refractivity (Wildman–Crippen MR) is 60.9 cm³/mol. The molecule has 0 saturated carbocycles. The van der Waals surface area contributed by atoms with Crippen molar-refractivity contribution >= 4 is 11.3 Å². The quantitative estimate of drug-likeness (QED) is 0.799. The number of aryl methyl sites for hydroxylation is 1. The van der Waals surface area contributed by atoms with Gasteiger partial charge in [0.25, 0.3) is 0 Å². The molecule has 0 amide bonds. The highest BCUT2D eigenvalue weighted by atomic mass is 32.1. The summed E-state index contributed by atoms with van der Waals surface area (Å²) in [6.45, 7) is 6.31. The van der Waals surface area contributed by atoms with Gasteiger partial charge < -0.3 is 4.52 Å². The molecule has 2 rings (SSSR count). The summed E-state index contributed by atoms with van der Waals surface area (Å²) in [6.07, 6.45) is 2.76. The van der Waals surface area contributed by atoms with E-state index in [2.05, 4.69) is 29.4 Å². The van der Waals surface area contributed by atoms with Crippen molar-refractivity contribution in [3.05, 3.63) is 22.3 Å². The molecule has 3 nitrogen and oxygen atoms in total. The van der Waals surface area contributed by atoms with Crippen LogP contribution >= 0.6 is 11.3 Å². The van der Waals surface area contributed by atoms with Crippen LogP contribution in [0.4, 0.5) is 0 Å². The number of hydrogen-bond acceptors (Lipinski definition) is 4. The average Bonchev–Trinajstić information content (AvgIpc) is 2.72. The minimum Gasteiger partial charge on any atom is -0.361 e. The van der Waals surface area contributed by atoms with Gasteiger partial charge in [-0.15, -0.1) is 11.3 Å². The second-order valence-corrected chi connectivity index (χ2v) is 4.96. The van der Waals surface area contributed by atoms with E-state index in [1.54, 1.807) is 17.5 Å². The van der Waals surface area contributed by atoms with Crippen LogP contribution in [0.1, 0.15) is 24.6 Å². The van der Waals surface area contributed by atoms with Gasteiger partial charge in [-0.3, -0.25) is 0 Å². The molecular formula is C11H14N2OS. The number of rotatable bonds is 3. The van der Waals surface area contributed by atoms with Crippen molar-refractivity contribution in [2.75, 3.05) is 0 Å². The molecule has 0 aliphatic rings. The zero-order chi connectivity index (χ0) is 10.8. The van der Waals surface area contributed by atoms with Gasteiger partial charge in [0, 0.05) is 11.8 Å². The summed E-state index contributed by atoms with van der Waals surface area (Å²) in [5, 5.41) is 7.01. The Kier molecular flexibility index (Phi) is 2.86. The maximum Gasteiger partial charge on any atom is 0.143 e. The second-order valence-electron chi connectivity index (χ2n) is 4.02. The molecule has 0 aliphatic carbocycles. The van der Waals surface area contributed by atoms with Gasteiger partial charge >= 0.3 is 0 Å². The number of thiazole rings is 1. The second kappa shape index (κ2) is 4.14. The highest BCUT2D eigenvalue weighted by Crippen LogP contribution is 2.25. The molecule has 2 aromatic rings. The molecule has 2 aromatic heterocycles. The van der Waals surface area contributed by atoms with Crippen molar-refractivity contribution in [3.63, 3.8) is 0 Å². The fraction of sp³-hybridized carbons (Fsp3) is 0.455. The van der Waals surface area contributed by atoms with Crippen molar-refractivity contribution in [1.82, 2.24) is 10.1 Å². The summed E-state index contributed by atoms with van der Waals surface area (Å²) in [4.78, 5) is 4.57. The Hall–Kier alpha value is -1.16. The molecule has 0 fully saturated rings. The first-order valence-corrected chi connectivity index (χ1v) is 5.91. The monoisotopic (exact) mass is 222 g/mol. The van der Waals surface area contributed by atoms with Gasteiger partial charge in [0.05, 0.1) is 22.5 Å². The lowest BCUT2D eigenvalue weighted by Crippen LogP contribution is -1.92. The van der Waals surface area contributed by atoms with Gasteiger partial charge in [-0.25, -0.2) is 4.98 Å². The van der Waals surface area contributed by atoms with Crippen molar-refractivity contribution in [1.29, 1.82) is 0 Å². The zero-order valence-corrected chi connectivity index (χ0v) is 9.97. The van der Waals surface area contributed by atoms with E-state index in [9.17, 15) is 0 Å². The van der Waals surface area contributed by atoms with E-state index in [0.717, 1.165) is 23.4 Å². The van der Waals surface area contributed by atoms with Gasteiger partial charge in [0.2, 0.25) is 0 Å². The van der Waals surface area contributed by atoms with E-state index < -0.39 is 0 Å². The largest absolute Gasteiger partial charge is 0.361 e. The summed E-state index contributed by atoms with van der Waals surface area (Å²) >= 11 is 1.70. The number of aromatic nitrogens is 2. The summed E-state index contributed by atoms with van der Waals surface area (Å²) in [5.74, 6) is 1.48. The molecule has 0 unspecified atom stereocenters. The smallest absolute Gasteiger partial charge is 0.143 e. The first kappa shape index (κ1) is 10.4. The summed E-state index contributed by atoms with van der Waals surface area (Å²) in [7, 11) is 0. The van der Waals surface area contributed by atoms with Crippen molar-refractivity contribution < 1.29 is 4.52 Å². The lowest BCUT2D eigenvalue weighted by Gasteiger charge is -1.98. The Labute approximate surface area is 93.1 Å². The van der Waals surface area contributed by atoms with Crippen molar-refractivity contribution in [2.45, 2.75) is 27.2 Å². The molecule has 4 heteroatoms. The van der Waals surface area contributed by atoms with E-state index in [4.69, 9.17) is 4.52 Å². The van der Waals surface area contributed by atoms with Crippen molar-refractivity contribution in [2.24, 2.45) is 5.92 Å². The molecule has 2 heterocycles. The first-order chi connectivity index (χ1) is 7.16. The topological polar surface area (TPSA) is 38.9 Å². The van der Waals surface area contributed by atoms with E-state index in [-0.39, 0.29) is 0 Å². The lowest BCUT2D eigenvalue weighted by atomic mass is 10.1. The first-order valence-electron chi connectivity index (χ1n) is 5.03. The van der Waals surface area contributed by atoms with Crippen LogP contribution in [0.2, 0.25) is 0 Å². The van der Waals surface area contributed by atoms with Crippen LogP contribution in [0.15, 0.2) is 16.1 Å². The molecule has 0 atom stereocenters. The molecular weight excluding hydrogens is 208 g/mol. The Morgan fingerprint density at radius 2 is 2.27 bits per heavy atom. The molecule has 0 spiro atoms. The highest BCUT2D eigenvalue weighted by molar-refractivity contribution is 7.09. The Bertz CT molecular complexity index is 445. The predicted octanol–water partition coefficient (Wildman–Crippen LogP) is 3.31. The third kappa shape index (κ3) is 2.26. The maximum absolute atomic E-state index is 5.02. The Balaban J connectivity index is 2.24. The molecule has 0 radical (unpaired) electrons. The Morgan fingerprint density at radius 3 is 2.87 bits per heavy atom. The van der Waals surface area contributed by atoms with Crippen LogP contribution in [0.3, 0.4) is 0 Å². The van der Waals surface area contributed by atoms with E-state index >= 15 is 0 Å². The van der Waals surface area contributed by atoms with E-state index in [1.807, 2.05) is 6.92 Å². The van der Waals surface area contributed by atoms with Gasteiger partial charge in [0.1, 0.15) is 5.76 Å². The molecule has 0 aliphatic heterocycles. The van der Waals surface area contributed by atoms with Crippen LogP contribution in [0.25, 0.3) is 11.3 Å². The minimum atomic E-state index is 0.646. The summed E-state index contributed by atoms with van der Waals surface area (Å²) in [5.41, 5.74) is 1.98. The van der Waals surface area contributed by atoms with Crippen LogP contribution < -0.4 is 0 Å². The SMILES string of the molecule is Cc1oncc1-c1csc(CC(C)C)n1. The van der Waals surface area contributed by atoms with Gasteiger partial charge in [0.15, 0.2) is 0 Å². The number of hydrogen-bond donors (Lipinski definition) is 0. The van der Waals surface area contributed by atoms with Crippen LogP contribution in [0.5, 0.6) is 0 Å². The van der Waals surface area contributed by atoms with E-state index in [1.165, 1.54) is 5.01 Å². The van der Waals surface area contributed by atoms with E-state index in [0.29, 0.717) is 5.92 Å². The highest BCUT2D eigenvalue weighted by Gasteiger charge is 2.10. The fourth-order valence-corrected chi connectivity index (χ4v) is 2.43. The van der Waals surface area contributed by atoms with Gasteiger partial charge in [-0.1, -0.05) is 19.0 Å². The Morgan fingerprint density at radius 1 is 1.47 bits per heavy atom. The molecule has 15 heavy (non-hydrogen) atoms. The molecule has 0 bridgehead atoms.